The van der Waals surface area contributed by atoms with E-state index in [2.05, 4.69) is 5.10 Å². The molecule has 18 heavy (non-hydrogen) atoms. The molecule has 98 valence electrons. The molecule has 0 radical (unpaired) electrons. The average molecular weight is 285 g/mol. The summed E-state index contributed by atoms with van der Waals surface area (Å²) in [5.74, 6) is 5.44. The molecule has 0 saturated carbocycles. The molecule has 0 saturated heterocycles. The van der Waals surface area contributed by atoms with Crippen molar-refractivity contribution in [2.45, 2.75) is 13.8 Å². The zero-order valence-corrected chi connectivity index (χ0v) is 11.5. The van der Waals surface area contributed by atoms with Crippen molar-refractivity contribution >= 4 is 5.71 Å². The molecule has 1 aliphatic carbocycles. The number of hydrogen-bond acceptors (Lipinski definition) is 3. The molecule has 0 spiro atoms. The number of rotatable bonds is 1. The average Bonchev–Trinajstić information content (AvgIpc) is 3.01. The van der Waals surface area contributed by atoms with Crippen molar-refractivity contribution in [1.29, 1.82) is 0 Å². The molecule has 0 bridgehead atoms. The summed E-state index contributed by atoms with van der Waals surface area (Å²) in [6, 6.07) is 7.88. The Morgan fingerprint density at radius 3 is 2.00 bits per heavy atom. The third kappa shape index (κ3) is 5.13. The Hall–Kier alpha value is -1.64. The molecular formula is C14H17FeN2O-. The molecule has 1 aromatic carbocycles. The van der Waals surface area contributed by atoms with E-state index in [9.17, 15) is 0 Å². The SMILES string of the molecule is CC(=NN)[c-]1cccc1.CC(O)=C1C=CC=C1.[Fe]. The summed E-state index contributed by atoms with van der Waals surface area (Å²) >= 11 is 0. The first-order valence-electron chi connectivity index (χ1n) is 5.36. The van der Waals surface area contributed by atoms with Crippen LogP contribution in [0.3, 0.4) is 0 Å². The summed E-state index contributed by atoms with van der Waals surface area (Å²) in [4.78, 5) is 0. The number of nitrogens with two attached hydrogens (primary N) is 1. The van der Waals surface area contributed by atoms with Gasteiger partial charge in [-0.05, 0) is 13.8 Å². The normalized spacial score (nSPS) is 12.8. The van der Waals surface area contributed by atoms with Gasteiger partial charge < -0.3 is 10.9 Å². The summed E-state index contributed by atoms with van der Waals surface area (Å²) in [7, 11) is 0. The first-order valence-corrected chi connectivity index (χ1v) is 5.36. The third-order valence-electron chi connectivity index (χ3n) is 2.35. The van der Waals surface area contributed by atoms with Crippen molar-refractivity contribution in [3.63, 3.8) is 0 Å². The minimum atomic E-state index is 0. The second kappa shape index (κ2) is 8.45. The van der Waals surface area contributed by atoms with E-state index >= 15 is 0 Å². The molecule has 0 fully saturated rings. The van der Waals surface area contributed by atoms with Crippen molar-refractivity contribution in [3.05, 3.63) is 65.5 Å². The van der Waals surface area contributed by atoms with E-state index in [4.69, 9.17) is 10.9 Å². The van der Waals surface area contributed by atoms with Crippen LogP contribution >= 0.6 is 0 Å². The topological polar surface area (TPSA) is 58.6 Å². The van der Waals surface area contributed by atoms with E-state index in [1.165, 1.54) is 0 Å². The fourth-order valence-electron chi connectivity index (χ4n) is 1.30. The molecule has 0 atom stereocenters. The van der Waals surface area contributed by atoms with Crippen LogP contribution in [0.15, 0.2) is 65.0 Å². The summed E-state index contributed by atoms with van der Waals surface area (Å²) in [5, 5.41) is 12.4. The molecule has 3 nitrogen and oxygen atoms in total. The first-order chi connectivity index (χ1) is 8.15. The van der Waals surface area contributed by atoms with Crippen LogP contribution < -0.4 is 5.84 Å². The maximum Gasteiger partial charge on any atom is 0.0963 e. The van der Waals surface area contributed by atoms with Gasteiger partial charge in [0.1, 0.15) is 0 Å². The number of hydrogen-bond donors (Lipinski definition) is 2. The van der Waals surface area contributed by atoms with Crippen LogP contribution in [-0.4, -0.2) is 10.8 Å². The van der Waals surface area contributed by atoms with E-state index in [1.807, 2.05) is 55.5 Å². The Balaban J connectivity index is 0.000000306. The van der Waals surface area contributed by atoms with Gasteiger partial charge in [0.05, 0.1) is 5.76 Å². The van der Waals surface area contributed by atoms with Crippen molar-refractivity contribution in [2.75, 3.05) is 0 Å². The molecule has 0 heterocycles. The maximum atomic E-state index is 8.83. The summed E-state index contributed by atoms with van der Waals surface area (Å²) in [6.45, 7) is 3.56. The van der Waals surface area contributed by atoms with Gasteiger partial charge in [0, 0.05) is 28.4 Å². The molecule has 3 N–H and O–H groups in total. The molecule has 0 unspecified atom stereocenters. The first kappa shape index (κ1) is 16.4. The minimum Gasteiger partial charge on any atom is -0.512 e. The van der Waals surface area contributed by atoms with Gasteiger partial charge in [-0.15, -0.1) is 5.56 Å². The molecule has 1 aromatic rings. The smallest absolute Gasteiger partial charge is 0.0963 e. The van der Waals surface area contributed by atoms with Crippen LogP contribution in [0.25, 0.3) is 0 Å². The Morgan fingerprint density at radius 2 is 1.67 bits per heavy atom. The molecule has 0 aliphatic heterocycles. The van der Waals surface area contributed by atoms with Gasteiger partial charge >= 0.3 is 0 Å². The van der Waals surface area contributed by atoms with Gasteiger partial charge in [0.25, 0.3) is 0 Å². The predicted octanol–water partition coefficient (Wildman–Crippen LogP) is 3.03. The summed E-state index contributed by atoms with van der Waals surface area (Å²) in [6.07, 6.45) is 7.54. The fourth-order valence-corrected chi connectivity index (χ4v) is 1.30. The summed E-state index contributed by atoms with van der Waals surface area (Å²) in [5.41, 5.74) is 2.88. The maximum absolute atomic E-state index is 8.83. The van der Waals surface area contributed by atoms with E-state index in [1.54, 1.807) is 6.92 Å². The Bertz CT molecular complexity index is 450. The molecular weight excluding hydrogens is 268 g/mol. The zero-order valence-electron chi connectivity index (χ0n) is 10.4. The number of hydrazone groups is 1. The van der Waals surface area contributed by atoms with E-state index in [0.717, 1.165) is 16.8 Å². The van der Waals surface area contributed by atoms with E-state index in [-0.39, 0.29) is 17.1 Å². The third-order valence-corrected chi connectivity index (χ3v) is 2.35. The standard InChI is InChI=1S/C7H9N2.C7H8O.Fe/c1-6(9-8)7-4-2-3-5-7;1-6(8)7-4-2-3-5-7;/h2-5H,8H2,1H3;2-5,8H,1H3;/q-1;;. The van der Waals surface area contributed by atoms with Crippen LogP contribution in [0.4, 0.5) is 0 Å². The minimum absolute atomic E-state index is 0. The van der Waals surface area contributed by atoms with Gasteiger partial charge in [0.2, 0.25) is 0 Å². The van der Waals surface area contributed by atoms with Crippen molar-refractivity contribution < 1.29 is 22.2 Å². The number of aliphatic hydroxyl groups excluding tert-OH is 1. The fraction of sp³-hybridized carbons (Fsp3) is 0.143. The molecule has 4 heteroatoms. The number of nitrogens with zero attached hydrogens (tertiary/aromatic N) is 1. The molecule has 1 aliphatic rings. The van der Waals surface area contributed by atoms with Crippen molar-refractivity contribution in [3.8, 4) is 0 Å². The van der Waals surface area contributed by atoms with Crippen LogP contribution in [-0.2, 0) is 17.1 Å². The van der Waals surface area contributed by atoms with Gasteiger partial charge in [0.15, 0.2) is 0 Å². The number of aliphatic hydroxyl groups is 1. The number of allylic oxidation sites excluding steroid dienone is 6. The second-order valence-corrected chi connectivity index (χ2v) is 3.65. The van der Waals surface area contributed by atoms with Crippen LogP contribution in [0.5, 0.6) is 0 Å². The van der Waals surface area contributed by atoms with Crippen LogP contribution in [0.1, 0.15) is 19.4 Å². The van der Waals surface area contributed by atoms with Gasteiger partial charge in [-0.2, -0.15) is 12.1 Å². The molecule has 2 rings (SSSR count). The Morgan fingerprint density at radius 1 is 1.17 bits per heavy atom. The monoisotopic (exact) mass is 285 g/mol. The predicted molar refractivity (Wildman–Crippen MR) is 72.0 cm³/mol. The van der Waals surface area contributed by atoms with E-state index < -0.39 is 0 Å². The van der Waals surface area contributed by atoms with Gasteiger partial charge in [-0.25, -0.2) is 17.2 Å². The van der Waals surface area contributed by atoms with Crippen LogP contribution in [0, 0.1) is 0 Å². The van der Waals surface area contributed by atoms with Gasteiger partial charge in [-0.3, -0.25) is 0 Å². The van der Waals surface area contributed by atoms with E-state index in [0.29, 0.717) is 5.76 Å². The molecule has 0 amide bonds. The van der Waals surface area contributed by atoms with Crippen molar-refractivity contribution in [2.24, 2.45) is 10.9 Å². The molecule has 0 aromatic heterocycles. The van der Waals surface area contributed by atoms with Crippen molar-refractivity contribution in [1.82, 2.24) is 0 Å². The Kier molecular flexibility index (Phi) is 7.68. The van der Waals surface area contributed by atoms with Crippen LogP contribution in [0.2, 0.25) is 0 Å². The Labute approximate surface area is 118 Å². The summed E-state index contributed by atoms with van der Waals surface area (Å²) < 4.78 is 0. The zero-order chi connectivity index (χ0) is 12.7. The quantitative estimate of drug-likeness (QED) is 0.208. The second-order valence-electron chi connectivity index (χ2n) is 3.65. The largest absolute Gasteiger partial charge is 0.512 e. The van der Waals surface area contributed by atoms with Gasteiger partial charge in [-0.1, -0.05) is 24.3 Å².